The van der Waals surface area contributed by atoms with Gasteiger partial charge in [-0.05, 0) is 37.5 Å². The topological polar surface area (TPSA) is 237 Å². The van der Waals surface area contributed by atoms with Crippen molar-refractivity contribution >= 4 is 39.5 Å². The van der Waals surface area contributed by atoms with Gasteiger partial charge in [0, 0.05) is 25.7 Å². The van der Waals surface area contributed by atoms with E-state index in [1.807, 2.05) is 0 Å². The third kappa shape index (κ3) is 76.3. The Balaban J connectivity index is 5.24. The predicted molar refractivity (Wildman–Crippen MR) is 418 cm³/mol. The molecule has 606 valence electrons. The molecule has 5 atom stereocenters. The van der Waals surface area contributed by atoms with Crippen LogP contribution >= 0.6 is 15.6 Å². The fraction of sp³-hybridized carbons (Fsp3) is 0.952. The number of ether oxygens (including phenoxy) is 4. The van der Waals surface area contributed by atoms with Crippen LogP contribution in [0.3, 0.4) is 0 Å². The zero-order valence-corrected chi connectivity index (χ0v) is 68.7. The molecular weight excluding hydrogens is 1330 g/mol. The fourth-order valence-corrected chi connectivity index (χ4v) is 14.5. The number of rotatable bonds is 82. The third-order valence-corrected chi connectivity index (χ3v) is 21.4. The lowest BCUT2D eigenvalue weighted by Crippen LogP contribution is -2.30. The van der Waals surface area contributed by atoms with E-state index in [2.05, 4.69) is 41.5 Å². The summed E-state index contributed by atoms with van der Waals surface area (Å²) in [5.74, 6) is -0.524. The fourth-order valence-electron chi connectivity index (χ4n) is 12.9. The molecule has 0 amide bonds. The number of aliphatic hydroxyl groups is 1. The highest BCUT2D eigenvalue weighted by molar-refractivity contribution is 7.47. The molecule has 0 aliphatic heterocycles. The number of aliphatic hydroxyl groups excluding tert-OH is 1. The predicted octanol–water partition coefficient (Wildman–Crippen LogP) is 25.1. The molecular formula is C83H162O17P2. The number of esters is 4. The van der Waals surface area contributed by atoms with Gasteiger partial charge in [0.15, 0.2) is 12.2 Å². The summed E-state index contributed by atoms with van der Waals surface area (Å²) < 4.78 is 68.8. The Kier molecular flexibility index (Phi) is 73.1. The molecule has 0 saturated carbocycles. The Morgan fingerprint density at radius 3 is 0.667 bits per heavy atom. The van der Waals surface area contributed by atoms with E-state index >= 15 is 0 Å². The maximum Gasteiger partial charge on any atom is 0.472 e. The minimum Gasteiger partial charge on any atom is -0.462 e. The molecule has 102 heavy (non-hydrogen) atoms. The molecule has 2 unspecified atom stereocenters. The van der Waals surface area contributed by atoms with Crippen LogP contribution in [-0.2, 0) is 65.4 Å². The number of phosphoric acid groups is 2. The summed E-state index contributed by atoms with van der Waals surface area (Å²) in [7, 11) is -9.92. The molecule has 0 aromatic rings. The summed E-state index contributed by atoms with van der Waals surface area (Å²) >= 11 is 0. The van der Waals surface area contributed by atoms with Crippen LogP contribution in [0.2, 0.25) is 0 Å². The molecule has 0 aliphatic rings. The Labute approximate surface area is 626 Å². The second-order valence-electron chi connectivity index (χ2n) is 30.8. The maximum atomic E-state index is 13.1. The van der Waals surface area contributed by atoms with Gasteiger partial charge in [-0.2, -0.15) is 0 Å². The zero-order valence-electron chi connectivity index (χ0n) is 66.9. The second-order valence-corrected chi connectivity index (χ2v) is 33.7. The van der Waals surface area contributed by atoms with E-state index in [1.165, 1.54) is 257 Å². The molecule has 0 heterocycles. The Morgan fingerprint density at radius 1 is 0.265 bits per heavy atom. The molecule has 0 spiro atoms. The van der Waals surface area contributed by atoms with Gasteiger partial charge in [0.1, 0.15) is 19.3 Å². The second kappa shape index (κ2) is 74.5. The molecule has 17 nitrogen and oxygen atoms in total. The van der Waals surface area contributed by atoms with Crippen LogP contribution in [0.4, 0.5) is 0 Å². The summed E-state index contributed by atoms with van der Waals surface area (Å²) in [5, 5.41) is 10.7. The van der Waals surface area contributed by atoms with Crippen molar-refractivity contribution in [3.05, 3.63) is 0 Å². The third-order valence-electron chi connectivity index (χ3n) is 19.5. The van der Waals surface area contributed by atoms with E-state index in [-0.39, 0.29) is 25.7 Å². The van der Waals surface area contributed by atoms with E-state index in [9.17, 15) is 43.2 Å². The quantitative estimate of drug-likeness (QED) is 0.0222. The van der Waals surface area contributed by atoms with Crippen molar-refractivity contribution in [3.8, 4) is 0 Å². The monoisotopic (exact) mass is 1490 g/mol. The number of carbonyl (C=O) groups excluding carboxylic acids is 4. The van der Waals surface area contributed by atoms with Gasteiger partial charge in [-0.15, -0.1) is 0 Å². The number of unbranched alkanes of at least 4 members (excludes halogenated alkanes) is 52. The van der Waals surface area contributed by atoms with Gasteiger partial charge in [-0.1, -0.05) is 388 Å². The minimum atomic E-state index is -4.96. The molecule has 0 aromatic carbocycles. The average Bonchev–Trinajstić information content (AvgIpc) is 0.967. The average molecular weight is 1490 g/mol. The smallest absolute Gasteiger partial charge is 0.462 e. The van der Waals surface area contributed by atoms with Crippen molar-refractivity contribution in [2.75, 3.05) is 39.6 Å². The van der Waals surface area contributed by atoms with Gasteiger partial charge in [0.25, 0.3) is 0 Å². The van der Waals surface area contributed by atoms with Crippen molar-refractivity contribution in [1.29, 1.82) is 0 Å². The number of hydrogen-bond acceptors (Lipinski definition) is 15. The number of phosphoric ester groups is 2. The van der Waals surface area contributed by atoms with Gasteiger partial charge in [0.05, 0.1) is 26.4 Å². The van der Waals surface area contributed by atoms with Crippen LogP contribution in [-0.4, -0.2) is 96.7 Å². The van der Waals surface area contributed by atoms with Crippen molar-refractivity contribution in [1.82, 2.24) is 0 Å². The van der Waals surface area contributed by atoms with Gasteiger partial charge < -0.3 is 33.8 Å². The van der Waals surface area contributed by atoms with Crippen molar-refractivity contribution in [2.45, 2.75) is 458 Å². The molecule has 0 aliphatic carbocycles. The van der Waals surface area contributed by atoms with Crippen LogP contribution in [0, 0.1) is 11.8 Å². The highest BCUT2D eigenvalue weighted by Crippen LogP contribution is 2.45. The van der Waals surface area contributed by atoms with Crippen LogP contribution in [0.25, 0.3) is 0 Å². The molecule has 0 aromatic heterocycles. The number of hydrogen-bond donors (Lipinski definition) is 3. The molecule has 0 bridgehead atoms. The normalized spacial score (nSPS) is 13.9. The Morgan fingerprint density at radius 2 is 0.451 bits per heavy atom. The molecule has 19 heteroatoms. The Bertz CT molecular complexity index is 1960. The zero-order chi connectivity index (χ0) is 74.9. The molecule has 3 N–H and O–H groups in total. The van der Waals surface area contributed by atoms with E-state index in [1.54, 1.807) is 0 Å². The first kappa shape index (κ1) is 100. The summed E-state index contributed by atoms with van der Waals surface area (Å²) in [4.78, 5) is 73.1. The van der Waals surface area contributed by atoms with Gasteiger partial charge >= 0.3 is 39.5 Å². The molecule has 0 fully saturated rings. The minimum absolute atomic E-state index is 0.108. The highest BCUT2D eigenvalue weighted by Gasteiger charge is 2.30. The van der Waals surface area contributed by atoms with Crippen LogP contribution in [0.5, 0.6) is 0 Å². The van der Waals surface area contributed by atoms with E-state index in [0.29, 0.717) is 25.7 Å². The first-order valence-electron chi connectivity index (χ1n) is 43.0. The van der Waals surface area contributed by atoms with Gasteiger partial charge in [-0.3, -0.25) is 37.3 Å². The summed E-state index contributed by atoms with van der Waals surface area (Å²) in [6, 6.07) is 0. The first-order chi connectivity index (χ1) is 49.4. The van der Waals surface area contributed by atoms with E-state index in [4.69, 9.17) is 37.0 Å². The lowest BCUT2D eigenvalue weighted by atomic mass is 10.0. The van der Waals surface area contributed by atoms with Crippen LogP contribution in [0.15, 0.2) is 0 Å². The molecule has 0 saturated heterocycles. The van der Waals surface area contributed by atoms with Gasteiger partial charge in [0.2, 0.25) is 0 Å². The van der Waals surface area contributed by atoms with Crippen molar-refractivity contribution in [3.63, 3.8) is 0 Å². The molecule has 0 rings (SSSR count). The SMILES string of the molecule is CCCCCCCCCCCCCCCCC(=O)OC[C@H](COP(=O)(O)OC[C@@H](O)COP(=O)(O)OC[C@@H](COC(=O)CCCCCCCCCCCCC(C)C)OC(=O)CCCCCCCCCCCCCCCC)OC(=O)CCCCCCCCCCCCCCCCCCCCC(C)C. The largest absolute Gasteiger partial charge is 0.472 e. The standard InChI is InChI=1S/C83H162O17P2/c1-7-9-11-13-15-17-19-21-30-34-41-47-53-59-65-80(85)93-71-78(99-83(88)68-62-56-50-44-36-32-28-26-24-23-25-27-29-33-39-45-51-57-63-75(3)4)73-97-101(89,90)95-69-77(84)70-96-102(91,92)98-74-79(72-94-81(86)66-60-54-48-42-38-37-40-46-52-58-64-76(5)6)100-82(87)67-61-55-49-43-35-31-22-20-18-16-14-12-10-8-2/h75-79,84H,7-74H2,1-6H3,(H,89,90)(H,91,92)/t77-,78-,79-/m1/s1. The first-order valence-corrected chi connectivity index (χ1v) is 46.0. The van der Waals surface area contributed by atoms with E-state index in [0.717, 1.165) is 102 Å². The Hall–Kier alpha value is -1.94. The van der Waals surface area contributed by atoms with Crippen LogP contribution in [0.1, 0.15) is 440 Å². The summed E-state index contributed by atoms with van der Waals surface area (Å²) in [5.41, 5.74) is 0. The molecule has 0 radical (unpaired) electrons. The van der Waals surface area contributed by atoms with Crippen molar-refractivity contribution < 1.29 is 80.2 Å². The van der Waals surface area contributed by atoms with Crippen molar-refractivity contribution in [2.24, 2.45) is 11.8 Å². The lowest BCUT2D eigenvalue weighted by Gasteiger charge is -2.21. The highest BCUT2D eigenvalue weighted by atomic mass is 31.2. The number of carbonyl (C=O) groups is 4. The maximum absolute atomic E-state index is 13.1. The van der Waals surface area contributed by atoms with E-state index < -0.39 is 97.5 Å². The van der Waals surface area contributed by atoms with Gasteiger partial charge in [-0.25, -0.2) is 9.13 Å². The lowest BCUT2D eigenvalue weighted by molar-refractivity contribution is -0.161. The summed E-state index contributed by atoms with van der Waals surface area (Å²) in [6.07, 6.45) is 65.1. The summed E-state index contributed by atoms with van der Waals surface area (Å²) in [6.45, 7) is 9.69. The van der Waals surface area contributed by atoms with Crippen LogP contribution < -0.4 is 0 Å².